The molecule has 0 amide bonds. The molecule has 1 aromatic rings. The molecular weight excluding hydrogens is 283 g/mol. The van der Waals surface area contributed by atoms with Gasteiger partial charge in [-0.2, -0.15) is 0 Å². The maximum Gasteiger partial charge on any atom is 0.240 e. The summed E-state index contributed by atoms with van der Waals surface area (Å²) in [7, 11) is -3.78. The highest BCUT2D eigenvalue weighted by molar-refractivity contribution is 7.89. The molecule has 112 valence electrons. The number of rotatable bonds is 4. The highest BCUT2D eigenvalue weighted by atomic mass is 32.2. The van der Waals surface area contributed by atoms with Crippen molar-refractivity contribution >= 4 is 15.7 Å². The largest absolute Gasteiger partial charge is 0.398 e. The smallest absolute Gasteiger partial charge is 0.240 e. The van der Waals surface area contributed by atoms with E-state index in [0.717, 1.165) is 12.5 Å². The molecule has 1 aromatic carbocycles. The van der Waals surface area contributed by atoms with Crippen molar-refractivity contribution in [3.05, 3.63) is 23.5 Å². The SMILES string of the molecule is Cc1c(N)cc(S(=O)(=O)NC(C)C2CCOC2)cc1F. The zero-order valence-corrected chi connectivity index (χ0v) is 12.3. The third kappa shape index (κ3) is 3.11. The normalized spacial score (nSPS) is 21.1. The van der Waals surface area contributed by atoms with Crippen molar-refractivity contribution in [3.63, 3.8) is 0 Å². The van der Waals surface area contributed by atoms with Crippen LogP contribution in [0.4, 0.5) is 10.1 Å². The Labute approximate surface area is 118 Å². The number of nitrogens with two attached hydrogens (primary N) is 1. The van der Waals surface area contributed by atoms with E-state index in [4.69, 9.17) is 10.5 Å². The van der Waals surface area contributed by atoms with Crippen LogP contribution < -0.4 is 10.5 Å². The molecule has 2 atom stereocenters. The zero-order chi connectivity index (χ0) is 14.9. The Morgan fingerprint density at radius 1 is 1.50 bits per heavy atom. The molecule has 3 N–H and O–H groups in total. The highest BCUT2D eigenvalue weighted by Gasteiger charge is 2.27. The van der Waals surface area contributed by atoms with Crippen molar-refractivity contribution in [1.29, 1.82) is 0 Å². The molecule has 5 nitrogen and oxygen atoms in total. The van der Waals surface area contributed by atoms with Crippen LogP contribution in [0.5, 0.6) is 0 Å². The van der Waals surface area contributed by atoms with E-state index >= 15 is 0 Å². The van der Waals surface area contributed by atoms with Gasteiger partial charge >= 0.3 is 0 Å². The fraction of sp³-hybridized carbons (Fsp3) is 0.538. The summed E-state index contributed by atoms with van der Waals surface area (Å²) in [6, 6.07) is 2.00. The topological polar surface area (TPSA) is 81.4 Å². The van der Waals surface area contributed by atoms with Crippen LogP contribution in [0.25, 0.3) is 0 Å². The molecule has 1 saturated heterocycles. The molecule has 7 heteroatoms. The van der Waals surface area contributed by atoms with Gasteiger partial charge in [0.05, 0.1) is 11.5 Å². The molecule has 0 radical (unpaired) electrons. The van der Waals surface area contributed by atoms with Crippen LogP contribution >= 0.6 is 0 Å². The molecule has 20 heavy (non-hydrogen) atoms. The van der Waals surface area contributed by atoms with Crippen molar-refractivity contribution in [2.75, 3.05) is 18.9 Å². The minimum absolute atomic E-state index is 0.127. The van der Waals surface area contributed by atoms with Crippen molar-refractivity contribution in [2.45, 2.75) is 31.2 Å². The number of benzene rings is 1. The summed E-state index contributed by atoms with van der Waals surface area (Å²) < 4.78 is 45.9. The second-order valence-corrected chi connectivity index (χ2v) is 6.87. The minimum Gasteiger partial charge on any atom is -0.398 e. The summed E-state index contributed by atoms with van der Waals surface area (Å²) in [6.07, 6.45) is 0.814. The first-order valence-electron chi connectivity index (χ1n) is 6.47. The highest BCUT2D eigenvalue weighted by Crippen LogP contribution is 2.23. The van der Waals surface area contributed by atoms with Gasteiger partial charge < -0.3 is 10.5 Å². The van der Waals surface area contributed by atoms with Gasteiger partial charge in [-0.15, -0.1) is 0 Å². The standard InChI is InChI=1S/C13H19FN2O3S/c1-8-12(14)5-11(6-13(8)15)20(17,18)16-9(2)10-3-4-19-7-10/h5-6,9-10,16H,3-4,7,15H2,1-2H3. The molecule has 1 fully saturated rings. The van der Waals surface area contributed by atoms with Crippen LogP contribution in [0.3, 0.4) is 0 Å². The van der Waals surface area contributed by atoms with Gasteiger partial charge in [0.15, 0.2) is 0 Å². The Balaban J connectivity index is 2.21. The maximum atomic E-state index is 13.6. The van der Waals surface area contributed by atoms with Crippen LogP contribution in [-0.4, -0.2) is 27.7 Å². The number of anilines is 1. The lowest BCUT2D eigenvalue weighted by molar-refractivity contribution is 0.180. The number of hydrogen-bond donors (Lipinski definition) is 2. The quantitative estimate of drug-likeness (QED) is 0.824. The molecule has 0 bridgehead atoms. The Hall–Kier alpha value is -1.18. The van der Waals surface area contributed by atoms with E-state index in [-0.39, 0.29) is 28.1 Å². The molecule has 1 heterocycles. The lowest BCUT2D eigenvalue weighted by atomic mass is 10.0. The Bertz CT molecular complexity index is 575. The molecule has 2 rings (SSSR count). The molecule has 2 unspecified atom stereocenters. The van der Waals surface area contributed by atoms with Gasteiger partial charge in [0.25, 0.3) is 0 Å². The molecular formula is C13H19FN2O3S. The van der Waals surface area contributed by atoms with Crippen LogP contribution in [-0.2, 0) is 14.8 Å². The zero-order valence-electron chi connectivity index (χ0n) is 11.5. The van der Waals surface area contributed by atoms with E-state index in [9.17, 15) is 12.8 Å². The lowest BCUT2D eigenvalue weighted by Gasteiger charge is -2.19. The number of ether oxygens (including phenoxy) is 1. The van der Waals surface area contributed by atoms with Crippen molar-refractivity contribution in [3.8, 4) is 0 Å². The number of hydrogen-bond acceptors (Lipinski definition) is 4. The Kier molecular flexibility index (Phi) is 4.31. The van der Waals surface area contributed by atoms with Gasteiger partial charge in [-0.3, -0.25) is 0 Å². The van der Waals surface area contributed by atoms with Gasteiger partial charge in [0, 0.05) is 29.8 Å². The molecule has 0 aromatic heterocycles. The number of nitrogens with one attached hydrogen (secondary N) is 1. The predicted molar refractivity (Wildman–Crippen MR) is 74.3 cm³/mol. The second-order valence-electron chi connectivity index (χ2n) is 5.15. The summed E-state index contributed by atoms with van der Waals surface area (Å²) in [4.78, 5) is -0.149. The number of sulfonamides is 1. The summed E-state index contributed by atoms with van der Waals surface area (Å²) >= 11 is 0. The van der Waals surface area contributed by atoms with E-state index in [1.165, 1.54) is 13.0 Å². The van der Waals surface area contributed by atoms with E-state index < -0.39 is 15.8 Å². The van der Waals surface area contributed by atoms with Crippen LogP contribution in [0.2, 0.25) is 0 Å². The van der Waals surface area contributed by atoms with E-state index in [1.54, 1.807) is 6.92 Å². The van der Waals surface area contributed by atoms with E-state index in [2.05, 4.69) is 4.72 Å². The first-order valence-corrected chi connectivity index (χ1v) is 7.95. The number of nitrogen functional groups attached to an aromatic ring is 1. The maximum absolute atomic E-state index is 13.6. The van der Waals surface area contributed by atoms with Crippen molar-refractivity contribution in [2.24, 2.45) is 5.92 Å². The molecule has 0 spiro atoms. The Morgan fingerprint density at radius 3 is 2.75 bits per heavy atom. The molecule has 1 aliphatic heterocycles. The Morgan fingerprint density at radius 2 is 2.20 bits per heavy atom. The molecule has 0 saturated carbocycles. The average Bonchev–Trinajstić information content (AvgIpc) is 2.88. The monoisotopic (exact) mass is 302 g/mol. The fourth-order valence-corrected chi connectivity index (χ4v) is 3.54. The van der Waals surface area contributed by atoms with E-state index in [1.807, 2.05) is 0 Å². The van der Waals surface area contributed by atoms with Gasteiger partial charge in [0.2, 0.25) is 10.0 Å². The third-order valence-corrected chi connectivity index (χ3v) is 5.22. The minimum atomic E-state index is -3.78. The summed E-state index contributed by atoms with van der Waals surface area (Å²) in [5.74, 6) is -0.486. The molecule has 0 aliphatic carbocycles. The first-order chi connectivity index (χ1) is 9.31. The van der Waals surface area contributed by atoms with Crippen molar-refractivity contribution < 1.29 is 17.5 Å². The van der Waals surface area contributed by atoms with Crippen LogP contribution in [0.15, 0.2) is 17.0 Å². The summed E-state index contributed by atoms with van der Waals surface area (Å²) in [6.45, 7) is 4.47. The second kappa shape index (κ2) is 5.67. The lowest BCUT2D eigenvalue weighted by Crippen LogP contribution is -2.38. The van der Waals surface area contributed by atoms with Crippen LogP contribution in [0.1, 0.15) is 18.9 Å². The average molecular weight is 302 g/mol. The number of halogens is 1. The summed E-state index contributed by atoms with van der Waals surface area (Å²) in [5.41, 5.74) is 6.00. The summed E-state index contributed by atoms with van der Waals surface area (Å²) in [5, 5.41) is 0. The van der Waals surface area contributed by atoms with E-state index in [0.29, 0.717) is 13.2 Å². The van der Waals surface area contributed by atoms with Gasteiger partial charge in [-0.05, 0) is 32.4 Å². The third-order valence-electron chi connectivity index (χ3n) is 3.68. The van der Waals surface area contributed by atoms with Gasteiger partial charge in [-0.1, -0.05) is 0 Å². The van der Waals surface area contributed by atoms with Gasteiger partial charge in [-0.25, -0.2) is 17.5 Å². The predicted octanol–water partition coefficient (Wildman–Crippen LogP) is 1.42. The fourth-order valence-electron chi connectivity index (χ4n) is 2.19. The van der Waals surface area contributed by atoms with Gasteiger partial charge in [0.1, 0.15) is 5.82 Å². The first kappa shape index (κ1) is 15.2. The molecule has 1 aliphatic rings. The van der Waals surface area contributed by atoms with Crippen molar-refractivity contribution in [1.82, 2.24) is 4.72 Å². The van der Waals surface area contributed by atoms with Crippen LogP contribution in [0, 0.1) is 18.7 Å².